The summed E-state index contributed by atoms with van der Waals surface area (Å²) in [6, 6.07) is 13.2. The van der Waals surface area contributed by atoms with E-state index < -0.39 is 5.97 Å². The number of benzene rings is 2. The second-order valence-corrected chi connectivity index (χ2v) is 9.34. The van der Waals surface area contributed by atoms with Crippen LogP contribution in [0.15, 0.2) is 60.1 Å². The fourth-order valence-corrected chi connectivity index (χ4v) is 4.70. The van der Waals surface area contributed by atoms with Gasteiger partial charge in [-0.1, -0.05) is 38.5 Å². The van der Waals surface area contributed by atoms with Gasteiger partial charge in [-0.15, -0.1) is 11.8 Å². The molecular formula is C25H30N4O3S2. The van der Waals surface area contributed by atoms with Gasteiger partial charge in [0.2, 0.25) is 5.88 Å². The molecule has 0 aliphatic carbocycles. The molecule has 2 aromatic carbocycles. The van der Waals surface area contributed by atoms with Gasteiger partial charge in [0.1, 0.15) is 5.69 Å². The maximum atomic E-state index is 11.0. The topological polar surface area (TPSA) is 98.5 Å². The summed E-state index contributed by atoms with van der Waals surface area (Å²) in [5.74, 6) is 0.0925. The van der Waals surface area contributed by atoms with Gasteiger partial charge in [-0.05, 0) is 67.2 Å². The number of hydrazine groups is 1. The smallest absolute Gasteiger partial charge is 0.335 e. The Morgan fingerprint density at radius 3 is 2.65 bits per heavy atom. The Morgan fingerprint density at radius 1 is 1.21 bits per heavy atom. The van der Waals surface area contributed by atoms with Crippen molar-refractivity contribution in [2.45, 2.75) is 44.0 Å². The molecule has 0 fully saturated rings. The number of carboxylic acids is 1. The molecule has 0 spiro atoms. The zero-order chi connectivity index (χ0) is 24.5. The van der Waals surface area contributed by atoms with Crippen molar-refractivity contribution in [3.63, 3.8) is 0 Å². The van der Waals surface area contributed by atoms with E-state index >= 15 is 0 Å². The second kappa shape index (κ2) is 12.3. The SMILES string of the molecule is C=CNC(=S)NNc1c(O)n(CCCCC)c2ccc(SCCc3ccc(C(=O)O)cc3)cc12. The van der Waals surface area contributed by atoms with Gasteiger partial charge >= 0.3 is 5.97 Å². The van der Waals surface area contributed by atoms with Gasteiger partial charge in [0.25, 0.3) is 0 Å². The quantitative estimate of drug-likeness (QED) is 0.0966. The molecule has 0 bridgehead atoms. The normalized spacial score (nSPS) is 10.7. The highest BCUT2D eigenvalue weighted by Crippen LogP contribution is 2.38. The number of aryl methyl sites for hydroxylation is 2. The molecule has 34 heavy (non-hydrogen) atoms. The minimum atomic E-state index is -0.918. The van der Waals surface area contributed by atoms with E-state index in [0.29, 0.717) is 16.4 Å². The Hall–Kier alpha value is -3.17. The van der Waals surface area contributed by atoms with Gasteiger partial charge < -0.3 is 20.1 Å². The highest BCUT2D eigenvalue weighted by molar-refractivity contribution is 7.99. The maximum absolute atomic E-state index is 11.0. The Kier molecular flexibility index (Phi) is 9.24. The van der Waals surface area contributed by atoms with Crippen molar-refractivity contribution < 1.29 is 15.0 Å². The minimum absolute atomic E-state index is 0.167. The lowest BCUT2D eigenvalue weighted by Gasteiger charge is -2.10. The number of aromatic nitrogens is 1. The number of unbranched alkanes of at least 4 members (excludes halogenated alkanes) is 2. The van der Waals surface area contributed by atoms with Crippen LogP contribution >= 0.6 is 24.0 Å². The van der Waals surface area contributed by atoms with Crippen LogP contribution in [0, 0.1) is 0 Å². The fraction of sp³-hybridized carbons (Fsp3) is 0.280. The van der Waals surface area contributed by atoms with Gasteiger partial charge in [-0.3, -0.25) is 10.9 Å². The van der Waals surface area contributed by atoms with Gasteiger partial charge in [0.15, 0.2) is 5.11 Å². The summed E-state index contributed by atoms with van der Waals surface area (Å²) in [6.07, 6.45) is 5.48. The van der Waals surface area contributed by atoms with E-state index in [-0.39, 0.29) is 5.88 Å². The van der Waals surface area contributed by atoms with Crippen LogP contribution < -0.4 is 16.2 Å². The summed E-state index contributed by atoms with van der Waals surface area (Å²) in [6.45, 7) is 6.48. The molecule has 180 valence electrons. The second-order valence-electron chi connectivity index (χ2n) is 7.76. The van der Waals surface area contributed by atoms with E-state index in [1.165, 1.54) is 6.20 Å². The van der Waals surface area contributed by atoms with Gasteiger partial charge in [0.05, 0.1) is 11.1 Å². The third-order valence-electron chi connectivity index (χ3n) is 5.39. The first-order valence-electron chi connectivity index (χ1n) is 11.2. The number of carboxylic acid groups (broad SMARTS) is 1. The number of rotatable bonds is 12. The zero-order valence-electron chi connectivity index (χ0n) is 19.1. The molecule has 0 unspecified atom stereocenters. The van der Waals surface area contributed by atoms with Crippen LogP contribution in [0.2, 0.25) is 0 Å². The number of carbonyl (C=O) groups is 1. The van der Waals surface area contributed by atoms with Crippen LogP contribution in [-0.2, 0) is 13.0 Å². The molecule has 1 aromatic heterocycles. The van der Waals surface area contributed by atoms with Crippen molar-refractivity contribution in [3.05, 3.63) is 66.4 Å². The molecule has 0 saturated carbocycles. The Bertz CT molecular complexity index is 1160. The number of hydrogen-bond donors (Lipinski definition) is 5. The first-order chi connectivity index (χ1) is 16.4. The number of anilines is 1. The van der Waals surface area contributed by atoms with Crippen molar-refractivity contribution in [2.75, 3.05) is 11.2 Å². The predicted octanol–water partition coefficient (Wildman–Crippen LogP) is 5.50. The molecule has 5 N–H and O–H groups in total. The Morgan fingerprint density at radius 2 is 1.97 bits per heavy atom. The summed E-state index contributed by atoms with van der Waals surface area (Å²) in [4.78, 5) is 12.1. The number of fused-ring (bicyclic) bond motifs is 1. The third-order valence-corrected chi connectivity index (χ3v) is 6.60. The highest BCUT2D eigenvalue weighted by Gasteiger charge is 2.17. The van der Waals surface area contributed by atoms with Crippen LogP contribution in [-0.4, -0.2) is 31.6 Å². The minimum Gasteiger partial charge on any atom is -0.493 e. The van der Waals surface area contributed by atoms with Crippen molar-refractivity contribution in [3.8, 4) is 5.88 Å². The lowest BCUT2D eigenvalue weighted by Crippen LogP contribution is -2.35. The first-order valence-corrected chi connectivity index (χ1v) is 12.6. The van der Waals surface area contributed by atoms with Crippen LogP contribution in [0.5, 0.6) is 5.88 Å². The molecule has 9 heteroatoms. The van der Waals surface area contributed by atoms with Crippen molar-refractivity contribution >= 4 is 51.7 Å². The summed E-state index contributed by atoms with van der Waals surface area (Å²) in [5.41, 5.74) is 8.84. The van der Waals surface area contributed by atoms with E-state index in [9.17, 15) is 9.90 Å². The van der Waals surface area contributed by atoms with E-state index in [2.05, 4.69) is 41.8 Å². The van der Waals surface area contributed by atoms with E-state index in [4.69, 9.17) is 17.3 Å². The number of thioether (sulfide) groups is 1. The number of aromatic hydroxyl groups is 1. The first kappa shape index (κ1) is 25.5. The molecule has 3 aromatic rings. The molecule has 1 heterocycles. The lowest BCUT2D eigenvalue weighted by atomic mass is 10.1. The fourth-order valence-electron chi connectivity index (χ4n) is 3.63. The van der Waals surface area contributed by atoms with Crippen LogP contribution in [0.1, 0.15) is 42.1 Å². The monoisotopic (exact) mass is 498 g/mol. The molecule has 0 radical (unpaired) electrons. The van der Waals surface area contributed by atoms with Crippen LogP contribution in [0.25, 0.3) is 10.9 Å². The number of hydrogen-bond acceptors (Lipinski definition) is 5. The van der Waals surface area contributed by atoms with E-state index in [1.807, 2.05) is 22.8 Å². The number of nitrogens with one attached hydrogen (secondary N) is 3. The number of aromatic carboxylic acids is 1. The standard InChI is InChI=1S/C25H30N4O3S2/c1-3-5-6-14-29-21-12-11-19(34-15-13-17-7-9-18(10-8-17)24(31)32)16-20(21)22(23(29)30)27-28-25(33)26-4-2/h4,7-12,16,27,30H,2-3,5-6,13-15H2,1H3,(H,31,32)(H2,26,28,33). The lowest BCUT2D eigenvalue weighted by molar-refractivity contribution is 0.0697. The largest absolute Gasteiger partial charge is 0.493 e. The van der Waals surface area contributed by atoms with E-state index in [0.717, 1.165) is 59.3 Å². The van der Waals surface area contributed by atoms with Gasteiger partial charge in [0, 0.05) is 22.6 Å². The summed E-state index contributed by atoms with van der Waals surface area (Å²) in [7, 11) is 0. The van der Waals surface area contributed by atoms with Crippen molar-refractivity contribution in [2.24, 2.45) is 0 Å². The molecule has 0 aliphatic heterocycles. The number of nitrogens with zero attached hydrogens (tertiary/aromatic N) is 1. The van der Waals surface area contributed by atoms with Crippen molar-refractivity contribution in [1.82, 2.24) is 15.3 Å². The molecule has 0 amide bonds. The Balaban J connectivity index is 1.77. The van der Waals surface area contributed by atoms with Gasteiger partial charge in [-0.25, -0.2) is 4.79 Å². The molecule has 7 nitrogen and oxygen atoms in total. The highest BCUT2D eigenvalue weighted by atomic mass is 32.2. The summed E-state index contributed by atoms with van der Waals surface area (Å²) < 4.78 is 1.93. The third kappa shape index (κ3) is 6.45. The molecular weight excluding hydrogens is 468 g/mol. The average molecular weight is 499 g/mol. The number of thiocarbonyl (C=S) groups is 1. The zero-order valence-corrected chi connectivity index (χ0v) is 20.8. The van der Waals surface area contributed by atoms with E-state index in [1.54, 1.807) is 23.9 Å². The van der Waals surface area contributed by atoms with Crippen LogP contribution in [0.4, 0.5) is 5.69 Å². The summed E-state index contributed by atoms with van der Waals surface area (Å²) >= 11 is 6.89. The van der Waals surface area contributed by atoms with Crippen LogP contribution in [0.3, 0.4) is 0 Å². The molecule has 0 saturated heterocycles. The van der Waals surface area contributed by atoms with Crippen molar-refractivity contribution in [1.29, 1.82) is 0 Å². The molecule has 0 aliphatic rings. The molecule has 0 atom stereocenters. The molecule has 3 rings (SSSR count). The Labute approximate surface area is 209 Å². The predicted molar refractivity (Wildman–Crippen MR) is 144 cm³/mol. The van der Waals surface area contributed by atoms with Gasteiger partial charge in [-0.2, -0.15) is 0 Å². The maximum Gasteiger partial charge on any atom is 0.335 e. The average Bonchev–Trinajstić information content (AvgIpc) is 3.08. The summed E-state index contributed by atoms with van der Waals surface area (Å²) in [5, 5.41) is 24.0.